The Morgan fingerprint density at radius 2 is 1.97 bits per heavy atom. The molecule has 2 amide bonds. The lowest BCUT2D eigenvalue weighted by atomic mass is 9.95. The van der Waals surface area contributed by atoms with Crippen LogP contribution in [0.5, 0.6) is 0 Å². The van der Waals surface area contributed by atoms with Crippen LogP contribution in [0, 0.1) is 5.92 Å². The molecule has 0 aliphatic carbocycles. The molecule has 0 radical (unpaired) electrons. The zero-order valence-electron chi connectivity index (χ0n) is 17.9. The fourth-order valence-corrected chi connectivity index (χ4v) is 4.87. The molecule has 1 fully saturated rings. The number of likely N-dealkylation sites (tertiary alicyclic amines) is 1. The molecule has 2 N–H and O–H groups in total. The molecular weight excluding hydrogens is 428 g/mol. The van der Waals surface area contributed by atoms with Gasteiger partial charge < -0.3 is 19.8 Å². The SMILES string of the molecule is CCn1c(=O)c(=O)[nH]c2cc(C(=O)N3CCC(C(=O)NCCc4cccs4)CC3)ccc21. The maximum Gasteiger partial charge on any atom is 0.316 e. The summed E-state index contributed by atoms with van der Waals surface area (Å²) < 4.78 is 1.39. The smallest absolute Gasteiger partial charge is 0.316 e. The van der Waals surface area contributed by atoms with E-state index in [1.807, 2.05) is 11.4 Å². The molecule has 2 aromatic heterocycles. The summed E-state index contributed by atoms with van der Waals surface area (Å²) in [6.07, 6.45) is 2.07. The minimum absolute atomic E-state index is 0.0504. The predicted octanol–water partition coefficient (Wildman–Crippen LogP) is 1.98. The number of carbonyl (C=O) groups is 2. The van der Waals surface area contributed by atoms with Crippen LogP contribution in [-0.4, -0.2) is 45.9 Å². The Kier molecular flexibility index (Phi) is 6.55. The van der Waals surface area contributed by atoms with E-state index in [2.05, 4.69) is 16.4 Å². The quantitative estimate of drug-likeness (QED) is 0.556. The second kappa shape index (κ2) is 9.52. The van der Waals surface area contributed by atoms with Gasteiger partial charge in [-0.15, -0.1) is 11.3 Å². The van der Waals surface area contributed by atoms with Gasteiger partial charge in [0.05, 0.1) is 11.0 Å². The Morgan fingerprint density at radius 1 is 1.19 bits per heavy atom. The highest BCUT2D eigenvalue weighted by molar-refractivity contribution is 7.09. The van der Waals surface area contributed by atoms with Crippen LogP contribution < -0.4 is 16.4 Å². The number of aromatic nitrogens is 2. The summed E-state index contributed by atoms with van der Waals surface area (Å²) in [6, 6.07) is 9.05. The first-order valence-corrected chi connectivity index (χ1v) is 11.7. The molecule has 168 valence electrons. The second-order valence-corrected chi connectivity index (χ2v) is 8.95. The number of nitrogens with zero attached hydrogens (tertiary/aromatic N) is 2. The van der Waals surface area contributed by atoms with Crippen LogP contribution in [0.15, 0.2) is 45.3 Å². The standard InChI is InChI=1S/C23H26N4O4S/c1-2-27-19-6-5-16(14-18(19)25-21(29)23(27)31)22(30)26-11-8-15(9-12-26)20(28)24-10-7-17-4-3-13-32-17/h3-6,13-15H,2,7-12H2,1H3,(H,24,28)(H,25,29). The maximum absolute atomic E-state index is 13.0. The highest BCUT2D eigenvalue weighted by atomic mass is 32.1. The molecule has 3 heterocycles. The van der Waals surface area contributed by atoms with Crippen LogP contribution in [0.3, 0.4) is 0 Å². The largest absolute Gasteiger partial charge is 0.355 e. The monoisotopic (exact) mass is 454 g/mol. The van der Waals surface area contributed by atoms with Crippen molar-refractivity contribution in [1.82, 2.24) is 19.8 Å². The average Bonchev–Trinajstić information content (AvgIpc) is 3.33. The van der Waals surface area contributed by atoms with E-state index in [-0.39, 0.29) is 17.7 Å². The molecule has 0 bridgehead atoms. The van der Waals surface area contributed by atoms with Crippen LogP contribution in [0.4, 0.5) is 0 Å². The lowest BCUT2D eigenvalue weighted by Crippen LogP contribution is -2.43. The first-order chi connectivity index (χ1) is 15.5. The fraction of sp³-hybridized carbons (Fsp3) is 0.391. The molecule has 0 atom stereocenters. The Morgan fingerprint density at radius 3 is 2.66 bits per heavy atom. The number of rotatable bonds is 6. The van der Waals surface area contributed by atoms with Crippen molar-refractivity contribution in [3.63, 3.8) is 0 Å². The number of nitrogens with one attached hydrogen (secondary N) is 2. The molecule has 1 aliphatic heterocycles. The molecular formula is C23H26N4O4S. The summed E-state index contributed by atoms with van der Waals surface area (Å²) in [5, 5.41) is 5.04. The topological polar surface area (TPSA) is 104 Å². The highest BCUT2D eigenvalue weighted by Gasteiger charge is 2.28. The lowest BCUT2D eigenvalue weighted by Gasteiger charge is -2.31. The molecule has 3 aromatic rings. The van der Waals surface area contributed by atoms with E-state index in [0.29, 0.717) is 55.6 Å². The second-order valence-electron chi connectivity index (χ2n) is 7.92. The van der Waals surface area contributed by atoms with Crippen molar-refractivity contribution >= 4 is 34.2 Å². The van der Waals surface area contributed by atoms with Crippen molar-refractivity contribution in [2.24, 2.45) is 5.92 Å². The highest BCUT2D eigenvalue weighted by Crippen LogP contribution is 2.21. The number of thiophene rings is 1. The van der Waals surface area contributed by atoms with E-state index in [1.54, 1.807) is 41.4 Å². The normalized spacial score (nSPS) is 14.6. The van der Waals surface area contributed by atoms with Gasteiger partial charge in [0.1, 0.15) is 0 Å². The summed E-state index contributed by atoms with van der Waals surface area (Å²) >= 11 is 1.68. The van der Waals surface area contributed by atoms with Gasteiger partial charge in [0.25, 0.3) is 5.91 Å². The summed E-state index contributed by atoms with van der Waals surface area (Å²) in [7, 11) is 0. The zero-order chi connectivity index (χ0) is 22.7. The summed E-state index contributed by atoms with van der Waals surface area (Å²) in [4.78, 5) is 54.9. The van der Waals surface area contributed by atoms with Gasteiger partial charge in [-0.1, -0.05) is 6.07 Å². The molecule has 32 heavy (non-hydrogen) atoms. The number of amides is 2. The van der Waals surface area contributed by atoms with E-state index in [1.165, 1.54) is 9.44 Å². The molecule has 1 saturated heterocycles. The molecule has 0 unspecified atom stereocenters. The van der Waals surface area contributed by atoms with E-state index in [9.17, 15) is 19.2 Å². The molecule has 1 aromatic carbocycles. The maximum atomic E-state index is 13.0. The van der Waals surface area contributed by atoms with Crippen molar-refractivity contribution in [3.8, 4) is 0 Å². The molecule has 1 aliphatic rings. The van der Waals surface area contributed by atoms with Crippen LogP contribution in [0.2, 0.25) is 0 Å². The van der Waals surface area contributed by atoms with Crippen molar-refractivity contribution in [1.29, 1.82) is 0 Å². The van der Waals surface area contributed by atoms with Gasteiger partial charge in [-0.2, -0.15) is 0 Å². The van der Waals surface area contributed by atoms with Gasteiger partial charge >= 0.3 is 11.1 Å². The van der Waals surface area contributed by atoms with E-state index in [0.717, 1.165) is 6.42 Å². The van der Waals surface area contributed by atoms with Crippen molar-refractivity contribution in [2.45, 2.75) is 32.7 Å². The number of hydrogen-bond donors (Lipinski definition) is 2. The third kappa shape index (κ3) is 4.52. The predicted molar refractivity (Wildman–Crippen MR) is 124 cm³/mol. The third-order valence-electron chi connectivity index (χ3n) is 5.94. The Balaban J connectivity index is 1.37. The van der Waals surface area contributed by atoms with Gasteiger partial charge in [0, 0.05) is 42.5 Å². The van der Waals surface area contributed by atoms with Crippen LogP contribution in [0.25, 0.3) is 11.0 Å². The Hall–Kier alpha value is -3.20. The summed E-state index contributed by atoms with van der Waals surface area (Å²) in [5.41, 5.74) is 0.201. The summed E-state index contributed by atoms with van der Waals surface area (Å²) in [6.45, 7) is 3.80. The number of aryl methyl sites for hydroxylation is 1. The van der Waals surface area contributed by atoms with Gasteiger partial charge in [-0.3, -0.25) is 19.2 Å². The van der Waals surface area contributed by atoms with Crippen molar-refractivity contribution in [3.05, 3.63) is 66.9 Å². The van der Waals surface area contributed by atoms with Crippen molar-refractivity contribution < 1.29 is 9.59 Å². The first-order valence-electron chi connectivity index (χ1n) is 10.8. The van der Waals surface area contributed by atoms with Crippen LogP contribution in [0.1, 0.15) is 35.0 Å². The number of H-pyrrole nitrogens is 1. The van der Waals surface area contributed by atoms with Gasteiger partial charge in [0.2, 0.25) is 5.91 Å². The number of piperidine rings is 1. The number of benzene rings is 1. The Labute approximate surface area is 188 Å². The van der Waals surface area contributed by atoms with Crippen LogP contribution >= 0.6 is 11.3 Å². The minimum Gasteiger partial charge on any atom is -0.355 e. The number of carbonyl (C=O) groups excluding carboxylic acids is 2. The van der Waals surface area contributed by atoms with Crippen LogP contribution in [-0.2, 0) is 17.8 Å². The average molecular weight is 455 g/mol. The molecule has 4 rings (SSSR count). The van der Waals surface area contributed by atoms with E-state index >= 15 is 0 Å². The van der Waals surface area contributed by atoms with Gasteiger partial charge in [-0.05, 0) is 55.8 Å². The van der Waals surface area contributed by atoms with E-state index < -0.39 is 11.1 Å². The molecule has 8 nitrogen and oxygen atoms in total. The van der Waals surface area contributed by atoms with Gasteiger partial charge in [-0.25, -0.2) is 0 Å². The first kappa shape index (κ1) is 22.0. The lowest BCUT2D eigenvalue weighted by molar-refractivity contribution is -0.126. The Bertz CT molecular complexity index is 1240. The van der Waals surface area contributed by atoms with Crippen molar-refractivity contribution in [2.75, 3.05) is 19.6 Å². The molecule has 0 saturated carbocycles. The zero-order valence-corrected chi connectivity index (χ0v) is 18.7. The summed E-state index contributed by atoms with van der Waals surface area (Å²) in [5.74, 6) is -0.178. The number of fused-ring (bicyclic) bond motifs is 1. The number of hydrogen-bond acceptors (Lipinski definition) is 5. The fourth-order valence-electron chi connectivity index (χ4n) is 4.16. The number of aromatic amines is 1. The molecule has 0 spiro atoms. The third-order valence-corrected chi connectivity index (χ3v) is 6.88. The van der Waals surface area contributed by atoms with Gasteiger partial charge in [0.15, 0.2) is 0 Å². The minimum atomic E-state index is -0.699. The molecule has 9 heteroatoms. The van der Waals surface area contributed by atoms with E-state index in [4.69, 9.17) is 0 Å².